The van der Waals surface area contributed by atoms with Crippen LogP contribution in [0.5, 0.6) is 5.75 Å². The van der Waals surface area contributed by atoms with E-state index in [1.54, 1.807) is 13.4 Å². The van der Waals surface area contributed by atoms with Gasteiger partial charge in [-0.15, -0.1) is 0 Å². The van der Waals surface area contributed by atoms with E-state index in [0.29, 0.717) is 5.75 Å². The number of aromatic nitrogens is 2. The topological polar surface area (TPSA) is 62.3 Å². The van der Waals surface area contributed by atoms with Gasteiger partial charge in [-0.1, -0.05) is 13.8 Å². The van der Waals surface area contributed by atoms with Gasteiger partial charge < -0.3 is 20.3 Å². The van der Waals surface area contributed by atoms with Crippen LogP contribution in [0.25, 0.3) is 0 Å². The van der Waals surface area contributed by atoms with Crippen molar-refractivity contribution in [3.63, 3.8) is 0 Å². The van der Waals surface area contributed by atoms with Gasteiger partial charge in [-0.25, -0.2) is 9.97 Å². The van der Waals surface area contributed by atoms with E-state index in [4.69, 9.17) is 4.74 Å². The molecule has 0 unspecified atom stereocenters. The highest BCUT2D eigenvalue weighted by atomic mass is 16.5. The van der Waals surface area contributed by atoms with Gasteiger partial charge in [0.1, 0.15) is 6.33 Å². The van der Waals surface area contributed by atoms with Crippen LogP contribution >= 0.6 is 0 Å². The third kappa shape index (κ3) is 4.85. The second-order valence-electron chi connectivity index (χ2n) is 4.50. The van der Waals surface area contributed by atoms with Crippen molar-refractivity contribution in [3.8, 4) is 5.75 Å². The first kappa shape index (κ1) is 16.5. The van der Waals surface area contributed by atoms with Gasteiger partial charge in [0.25, 0.3) is 0 Å². The maximum absolute atomic E-state index is 5.40. The maximum Gasteiger partial charge on any atom is 0.204 e. The van der Waals surface area contributed by atoms with Crippen LogP contribution in [0.4, 0.5) is 11.6 Å². The molecule has 0 aromatic carbocycles. The van der Waals surface area contributed by atoms with E-state index in [1.807, 2.05) is 6.92 Å². The zero-order valence-corrected chi connectivity index (χ0v) is 13.1. The number of rotatable bonds is 10. The Balaban J connectivity index is 2.60. The minimum absolute atomic E-state index is 0.674. The van der Waals surface area contributed by atoms with Gasteiger partial charge in [0.15, 0.2) is 11.6 Å². The molecular formula is C14H27N5O. The molecule has 1 aromatic heterocycles. The molecule has 0 aliphatic rings. The fourth-order valence-electron chi connectivity index (χ4n) is 2.06. The first-order chi connectivity index (χ1) is 9.76. The van der Waals surface area contributed by atoms with E-state index in [9.17, 15) is 0 Å². The summed E-state index contributed by atoms with van der Waals surface area (Å²) in [5.41, 5.74) is 0. The van der Waals surface area contributed by atoms with Crippen LogP contribution in [0.1, 0.15) is 27.2 Å². The Bertz CT molecular complexity index is 386. The van der Waals surface area contributed by atoms with Gasteiger partial charge >= 0.3 is 0 Å². The monoisotopic (exact) mass is 281 g/mol. The zero-order chi connectivity index (χ0) is 14.8. The minimum atomic E-state index is 0.674. The van der Waals surface area contributed by atoms with Gasteiger partial charge in [0.2, 0.25) is 5.75 Å². The minimum Gasteiger partial charge on any atom is -0.490 e. The Morgan fingerprint density at radius 2 is 1.80 bits per heavy atom. The van der Waals surface area contributed by atoms with E-state index in [2.05, 4.69) is 39.3 Å². The molecule has 0 saturated heterocycles. The number of ether oxygens (including phenoxy) is 1. The van der Waals surface area contributed by atoms with Gasteiger partial charge in [0, 0.05) is 19.6 Å². The molecule has 0 radical (unpaired) electrons. The molecule has 0 aliphatic heterocycles. The summed E-state index contributed by atoms with van der Waals surface area (Å²) in [6.07, 6.45) is 2.72. The van der Waals surface area contributed by atoms with Crippen molar-refractivity contribution in [1.82, 2.24) is 14.9 Å². The predicted octanol–water partition coefficient (Wildman–Crippen LogP) is 2.06. The lowest BCUT2D eigenvalue weighted by Gasteiger charge is -2.20. The second kappa shape index (κ2) is 9.36. The van der Waals surface area contributed by atoms with Crippen molar-refractivity contribution in [2.75, 3.05) is 50.5 Å². The first-order valence-electron chi connectivity index (χ1n) is 7.35. The molecule has 1 aromatic rings. The summed E-state index contributed by atoms with van der Waals surface area (Å²) >= 11 is 0. The van der Waals surface area contributed by atoms with Gasteiger partial charge in [-0.2, -0.15) is 0 Å². The first-order valence-corrected chi connectivity index (χ1v) is 7.35. The third-order valence-electron chi connectivity index (χ3n) is 3.06. The highest BCUT2D eigenvalue weighted by Crippen LogP contribution is 2.28. The third-order valence-corrected chi connectivity index (χ3v) is 3.06. The van der Waals surface area contributed by atoms with Crippen molar-refractivity contribution in [1.29, 1.82) is 0 Å². The largest absolute Gasteiger partial charge is 0.490 e. The van der Waals surface area contributed by atoms with Crippen LogP contribution < -0.4 is 15.4 Å². The fourth-order valence-corrected chi connectivity index (χ4v) is 2.06. The molecule has 0 amide bonds. The molecule has 6 nitrogen and oxygen atoms in total. The number of nitrogens with zero attached hydrogens (tertiary/aromatic N) is 3. The molecule has 0 aliphatic carbocycles. The summed E-state index contributed by atoms with van der Waals surface area (Å²) in [6.45, 7) is 11.2. The summed E-state index contributed by atoms with van der Waals surface area (Å²) < 4.78 is 5.40. The van der Waals surface area contributed by atoms with Crippen molar-refractivity contribution in [2.45, 2.75) is 27.2 Å². The molecule has 0 spiro atoms. The summed E-state index contributed by atoms with van der Waals surface area (Å²) in [4.78, 5) is 10.9. The molecule has 6 heteroatoms. The van der Waals surface area contributed by atoms with Crippen LogP contribution in [0, 0.1) is 0 Å². The molecule has 0 atom stereocenters. The van der Waals surface area contributed by atoms with E-state index in [1.165, 1.54) is 6.42 Å². The number of anilines is 2. The average molecular weight is 281 g/mol. The Morgan fingerprint density at radius 3 is 2.35 bits per heavy atom. The quantitative estimate of drug-likeness (QED) is 0.684. The normalized spacial score (nSPS) is 10.7. The highest BCUT2D eigenvalue weighted by Gasteiger charge is 2.11. The van der Waals surface area contributed by atoms with Crippen molar-refractivity contribution in [3.05, 3.63) is 6.33 Å². The standard InChI is InChI=1S/C14H27N5O/c1-5-9-19(7-3)10-8-16-14-12(20-4)13(15-6-2)17-11-18-14/h11H,5-10H2,1-4H3,(H2,15,16,17,18). The number of likely N-dealkylation sites (N-methyl/N-ethyl adjacent to an activating group) is 1. The van der Waals surface area contributed by atoms with E-state index in [-0.39, 0.29) is 0 Å². The molecule has 0 fully saturated rings. The average Bonchev–Trinajstić information content (AvgIpc) is 2.47. The summed E-state index contributed by atoms with van der Waals surface area (Å²) in [5.74, 6) is 2.15. The number of nitrogens with one attached hydrogen (secondary N) is 2. The second-order valence-corrected chi connectivity index (χ2v) is 4.50. The van der Waals surface area contributed by atoms with Crippen LogP contribution in [0.3, 0.4) is 0 Å². The molecule has 0 saturated carbocycles. The molecule has 0 bridgehead atoms. The van der Waals surface area contributed by atoms with Crippen molar-refractivity contribution >= 4 is 11.6 Å². The highest BCUT2D eigenvalue weighted by molar-refractivity contribution is 5.63. The number of hydrogen-bond donors (Lipinski definition) is 2. The summed E-state index contributed by atoms with van der Waals surface area (Å²) in [6, 6.07) is 0. The number of methoxy groups -OCH3 is 1. The van der Waals surface area contributed by atoms with E-state index < -0.39 is 0 Å². The smallest absolute Gasteiger partial charge is 0.204 e. The molecule has 1 rings (SSSR count). The van der Waals surface area contributed by atoms with Crippen LogP contribution in [-0.4, -0.2) is 54.7 Å². The molecule has 1 heterocycles. The SMILES string of the molecule is CCCN(CC)CCNc1ncnc(NCC)c1OC. The molecule has 2 N–H and O–H groups in total. The maximum atomic E-state index is 5.40. The Kier molecular flexibility index (Phi) is 7.72. The molecule has 20 heavy (non-hydrogen) atoms. The van der Waals surface area contributed by atoms with Crippen molar-refractivity contribution < 1.29 is 4.74 Å². The fraction of sp³-hybridized carbons (Fsp3) is 0.714. The van der Waals surface area contributed by atoms with Crippen LogP contribution in [-0.2, 0) is 0 Å². The summed E-state index contributed by atoms with van der Waals surface area (Å²) in [7, 11) is 1.64. The van der Waals surface area contributed by atoms with Crippen molar-refractivity contribution in [2.24, 2.45) is 0 Å². The number of hydrogen-bond acceptors (Lipinski definition) is 6. The van der Waals surface area contributed by atoms with Gasteiger partial charge in [0.05, 0.1) is 7.11 Å². The zero-order valence-electron chi connectivity index (χ0n) is 13.1. The predicted molar refractivity (Wildman–Crippen MR) is 83.6 cm³/mol. The lowest BCUT2D eigenvalue weighted by atomic mass is 10.4. The van der Waals surface area contributed by atoms with Gasteiger partial charge in [-0.05, 0) is 26.4 Å². The lowest BCUT2D eigenvalue weighted by Crippen LogP contribution is -2.29. The Hall–Kier alpha value is -1.56. The van der Waals surface area contributed by atoms with Gasteiger partial charge in [-0.3, -0.25) is 0 Å². The Labute approximate surface area is 121 Å². The molecule has 114 valence electrons. The van der Waals surface area contributed by atoms with E-state index in [0.717, 1.165) is 44.4 Å². The van der Waals surface area contributed by atoms with E-state index >= 15 is 0 Å². The lowest BCUT2D eigenvalue weighted by molar-refractivity contribution is 0.299. The Morgan fingerprint density at radius 1 is 1.10 bits per heavy atom. The summed E-state index contributed by atoms with van der Waals surface area (Å²) in [5, 5.41) is 6.50. The van der Waals surface area contributed by atoms with Crippen LogP contribution in [0.15, 0.2) is 6.33 Å². The van der Waals surface area contributed by atoms with Crippen LogP contribution in [0.2, 0.25) is 0 Å². The molecular weight excluding hydrogens is 254 g/mol.